The van der Waals surface area contributed by atoms with Gasteiger partial charge in [-0.05, 0) is 30.9 Å². The first kappa shape index (κ1) is 17.5. The molecule has 2 saturated heterocycles. The summed E-state index contributed by atoms with van der Waals surface area (Å²) < 4.78 is 5.42. The summed E-state index contributed by atoms with van der Waals surface area (Å²) in [5, 5.41) is 3.33. The van der Waals surface area contributed by atoms with E-state index >= 15 is 0 Å². The molecule has 3 heterocycles. The lowest BCUT2D eigenvalue weighted by atomic mass is 9.94. The quantitative estimate of drug-likeness (QED) is 0.883. The molecule has 0 aliphatic carbocycles. The molecule has 0 spiro atoms. The second-order valence-corrected chi connectivity index (χ2v) is 7.45. The highest BCUT2D eigenvalue weighted by atomic mass is 16.5. The highest BCUT2D eigenvalue weighted by Crippen LogP contribution is 2.31. The number of hydrogen-bond acceptors (Lipinski definition) is 4. The summed E-state index contributed by atoms with van der Waals surface area (Å²) in [6.45, 7) is 4.28. The van der Waals surface area contributed by atoms with Crippen LogP contribution in [0.2, 0.25) is 0 Å². The first-order chi connectivity index (χ1) is 12.7. The zero-order chi connectivity index (χ0) is 17.9. The topological polar surface area (TPSA) is 61.9 Å². The molecule has 2 fully saturated rings. The molecule has 1 aromatic carbocycles. The molecule has 2 amide bonds. The number of fused-ring (bicyclic) bond motifs is 1. The number of rotatable bonds is 3. The normalized spacial score (nSPS) is 23.8. The van der Waals surface area contributed by atoms with Crippen LogP contribution in [0.1, 0.15) is 24.8 Å². The Balaban J connectivity index is 1.29. The molecule has 0 bridgehead atoms. The minimum Gasteiger partial charge on any atom is -0.378 e. The maximum Gasteiger partial charge on any atom is 0.230 e. The van der Waals surface area contributed by atoms with Crippen LogP contribution < -0.4 is 10.2 Å². The van der Waals surface area contributed by atoms with E-state index in [1.807, 2.05) is 28.0 Å². The molecular formula is C20H27N3O3. The van der Waals surface area contributed by atoms with Crippen molar-refractivity contribution in [1.82, 2.24) is 10.2 Å². The van der Waals surface area contributed by atoms with Crippen molar-refractivity contribution in [2.75, 3.05) is 44.3 Å². The Morgan fingerprint density at radius 1 is 1.15 bits per heavy atom. The van der Waals surface area contributed by atoms with E-state index < -0.39 is 0 Å². The highest BCUT2D eigenvalue weighted by molar-refractivity contribution is 5.97. The lowest BCUT2D eigenvalue weighted by Gasteiger charge is -2.34. The number of morpholine rings is 1. The van der Waals surface area contributed by atoms with Gasteiger partial charge in [-0.25, -0.2) is 0 Å². The lowest BCUT2D eigenvalue weighted by Crippen LogP contribution is -2.48. The second kappa shape index (κ2) is 7.76. The Morgan fingerprint density at radius 2 is 1.96 bits per heavy atom. The smallest absolute Gasteiger partial charge is 0.230 e. The summed E-state index contributed by atoms with van der Waals surface area (Å²) in [6, 6.07) is 8.29. The van der Waals surface area contributed by atoms with Crippen molar-refractivity contribution in [3.63, 3.8) is 0 Å². The van der Waals surface area contributed by atoms with E-state index in [4.69, 9.17) is 4.74 Å². The fourth-order valence-electron chi connectivity index (χ4n) is 4.25. The number of nitrogens with one attached hydrogen (secondary N) is 1. The molecule has 3 aliphatic rings. The Kier molecular flexibility index (Phi) is 5.22. The van der Waals surface area contributed by atoms with Crippen LogP contribution in [0.15, 0.2) is 24.3 Å². The number of benzene rings is 1. The maximum absolute atomic E-state index is 13.0. The van der Waals surface area contributed by atoms with E-state index in [0.717, 1.165) is 44.6 Å². The predicted molar refractivity (Wildman–Crippen MR) is 99.0 cm³/mol. The molecule has 6 nitrogen and oxygen atoms in total. The van der Waals surface area contributed by atoms with Crippen LogP contribution in [-0.4, -0.2) is 62.1 Å². The van der Waals surface area contributed by atoms with Crippen molar-refractivity contribution in [2.45, 2.75) is 31.7 Å². The van der Waals surface area contributed by atoms with Gasteiger partial charge in [0.25, 0.3) is 0 Å². The molecule has 1 N–H and O–H groups in total. The average molecular weight is 357 g/mol. The third-order valence-electron chi connectivity index (χ3n) is 5.77. The van der Waals surface area contributed by atoms with Gasteiger partial charge in [0.1, 0.15) is 0 Å². The molecule has 140 valence electrons. The Labute approximate surface area is 154 Å². The van der Waals surface area contributed by atoms with Gasteiger partial charge in [-0.15, -0.1) is 0 Å². The molecule has 3 aliphatic heterocycles. The van der Waals surface area contributed by atoms with Crippen LogP contribution in [0.5, 0.6) is 0 Å². The minimum atomic E-state index is 0.0290. The fourth-order valence-corrected chi connectivity index (χ4v) is 4.25. The summed E-state index contributed by atoms with van der Waals surface area (Å²) in [6.07, 6.45) is 2.95. The lowest BCUT2D eigenvalue weighted by molar-refractivity contribution is -0.136. The molecular weight excluding hydrogens is 330 g/mol. The van der Waals surface area contributed by atoms with Crippen LogP contribution in [0.25, 0.3) is 0 Å². The van der Waals surface area contributed by atoms with Crippen LogP contribution in [0, 0.1) is 5.92 Å². The number of para-hydroxylation sites is 1. The Bertz CT molecular complexity index is 664. The number of carbonyl (C=O) groups is 2. The summed E-state index contributed by atoms with van der Waals surface area (Å²) in [5.74, 6) is 0.427. The van der Waals surface area contributed by atoms with E-state index in [1.54, 1.807) is 0 Å². The van der Waals surface area contributed by atoms with Crippen molar-refractivity contribution in [3.05, 3.63) is 29.8 Å². The standard InChI is InChI=1S/C20H27N3O3/c24-19(13-17-14-26-12-8-21-17)22-9-5-16(6-10-22)20(25)23-11-7-15-3-1-2-4-18(15)23/h1-4,16-17,21H,5-14H2. The first-order valence-electron chi connectivity index (χ1n) is 9.70. The van der Waals surface area contributed by atoms with E-state index in [0.29, 0.717) is 26.1 Å². The van der Waals surface area contributed by atoms with Crippen molar-refractivity contribution < 1.29 is 14.3 Å². The minimum absolute atomic E-state index is 0.0290. The number of anilines is 1. The molecule has 0 saturated carbocycles. The van der Waals surface area contributed by atoms with Gasteiger partial charge < -0.3 is 19.9 Å². The van der Waals surface area contributed by atoms with Crippen molar-refractivity contribution >= 4 is 17.5 Å². The van der Waals surface area contributed by atoms with Gasteiger partial charge in [0.2, 0.25) is 11.8 Å². The third kappa shape index (κ3) is 3.62. The first-order valence-corrected chi connectivity index (χ1v) is 9.70. The van der Waals surface area contributed by atoms with Gasteiger partial charge in [-0.1, -0.05) is 18.2 Å². The molecule has 0 radical (unpaired) electrons. The van der Waals surface area contributed by atoms with Gasteiger partial charge in [0, 0.05) is 50.2 Å². The SMILES string of the molecule is O=C(CC1COCCN1)N1CCC(C(=O)N2CCc3ccccc32)CC1. The highest BCUT2D eigenvalue weighted by Gasteiger charge is 2.33. The van der Waals surface area contributed by atoms with Crippen LogP contribution >= 0.6 is 0 Å². The number of amides is 2. The molecule has 0 aromatic heterocycles. The van der Waals surface area contributed by atoms with Gasteiger partial charge in [-0.3, -0.25) is 9.59 Å². The number of nitrogens with zero attached hydrogens (tertiary/aromatic N) is 2. The average Bonchev–Trinajstić information content (AvgIpc) is 3.12. The van der Waals surface area contributed by atoms with Crippen molar-refractivity contribution in [3.8, 4) is 0 Å². The van der Waals surface area contributed by atoms with Crippen LogP contribution in [-0.2, 0) is 20.7 Å². The van der Waals surface area contributed by atoms with Gasteiger partial charge in [0.15, 0.2) is 0 Å². The second-order valence-electron chi connectivity index (χ2n) is 7.45. The molecule has 6 heteroatoms. The molecule has 1 aromatic rings. The van der Waals surface area contributed by atoms with E-state index in [2.05, 4.69) is 11.4 Å². The third-order valence-corrected chi connectivity index (χ3v) is 5.77. The number of carbonyl (C=O) groups excluding carboxylic acids is 2. The van der Waals surface area contributed by atoms with Crippen molar-refractivity contribution in [1.29, 1.82) is 0 Å². The molecule has 1 atom stereocenters. The molecule has 26 heavy (non-hydrogen) atoms. The monoisotopic (exact) mass is 357 g/mol. The van der Waals surface area contributed by atoms with Crippen molar-refractivity contribution in [2.24, 2.45) is 5.92 Å². The number of likely N-dealkylation sites (tertiary alicyclic amines) is 1. The Hall–Kier alpha value is -1.92. The maximum atomic E-state index is 13.0. The molecule has 4 rings (SSSR count). The fraction of sp³-hybridized carbons (Fsp3) is 0.600. The van der Waals surface area contributed by atoms with Crippen LogP contribution in [0.4, 0.5) is 5.69 Å². The summed E-state index contributed by atoms with van der Waals surface area (Å²) in [5.41, 5.74) is 2.33. The largest absolute Gasteiger partial charge is 0.378 e. The zero-order valence-electron chi connectivity index (χ0n) is 15.2. The van der Waals surface area contributed by atoms with E-state index in [1.165, 1.54) is 5.56 Å². The summed E-state index contributed by atoms with van der Waals surface area (Å²) in [7, 11) is 0. The molecule has 1 unspecified atom stereocenters. The Morgan fingerprint density at radius 3 is 2.73 bits per heavy atom. The summed E-state index contributed by atoms with van der Waals surface area (Å²) >= 11 is 0. The number of piperidine rings is 1. The van der Waals surface area contributed by atoms with Gasteiger partial charge in [0.05, 0.1) is 13.2 Å². The zero-order valence-corrected chi connectivity index (χ0v) is 15.2. The van der Waals surface area contributed by atoms with Gasteiger partial charge >= 0.3 is 0 Å². The van der Waals surface area contributed by atoms with Gasteiger partial charge in [-0.2, -0.15) is 0 Å². The number of ether oxygens (including phenoxy) is 1. The van der Waals surface area contributed by atoms with E-state index in [-0.39, 0.29) is 23.8 Å². The predicted octanol–water partition coefficient (Wildman–Crippen LogP) is 1.19. The van der Waals surface area contributed by atoms with E-state index in [9.17, 15) is 9.59 Å². The number of hydrogen-bond donors (Lipinski definition) is 1. The van der Waals surface area contributed by atoms with Crippen LogP contribution in [0.3, 0.4) is 0 Å². The summed E-state index contributed by atoms with van der Waals surface area (Å²) in [4.78, 5) is 29.3.